The second kappa shape index (κ2) is 13.2. The number of aliphatic imine (C=N–C) groups is 1. The van der Waals surface area contributed by atoms with E-state index in [1.165, 1.54) is 24.5 Å². The standard InChI is InChI=1S/C31H33ClF2N4O5S/c1-5-42-30(40)31(2,3)14-18-15-43-27(36-18)17-8-6-16(7-9-17)24-21(29(39)41-4)25(19-10-11-20(33)23(34)22(19)32)38-26(37-24)28-35-12-13-44-28/h10-13,15-17,25H,5-9,14H2,1-4H3,(H,37,38). The summed E-state index contributed by atoms with van der Waals surface area (Å²) in [5.74, 6) is -2.32. The summed E-state index contributed by atoms with van der Waals surface area (Å²) < 4.78 is 44.8. The Hall–Kier alpha value is -3.64. The molecular weight excluding hydrogens is 614 g/mol. The molecule has 2 aliphatic rings. The normalized spacial score (nSPS) is 20.6. The Kier molecular flexibility index (Phi) is 9.50. The summed E-state index contributed by atoms with van der Waals surface area (Å²) in [6.07, 6.45) is 6.38. The minimum atomic E-state index is -1.21. The number of hydrogen-bond donors (Lipinski definition) is 1. The molecule has 1 fully saturated rings. The fraction of sp³-hybridized carbons (Fsp3) is 0.452. The Balaban J connectivity index is 1.42. The summed E-state index contributed by atoms with van der Waals surface area (Å²) in [7, 11) is 1.26. The molecule has 44 heavy (non-hydrogen) atoms. The van der Waals surface area contributed by atoms with Crippen LogP contribution in [0.4, 0.5) is 8.78 Å². The lowest BCUT2D eigenvalue weighted by molar-refractivity contribution is -0.153. The quantitative estimate of drug-likeness (QED) is 0.202. The highest BCUT2D eigenvalue weighted by Crippen LogP contribution is 2.44. The van der Waals surface area contributed by atoms with Crippen LogP contribution >= 0.6 is 22.9 Å². The lowest BCUT2D eigenvalue weighted by Gasteiger charge is -2.34. The Labute approximate surface area is 262 Å². The molecule has 1 saturated carbocycles. The first kappa shape index (κ1) is 31.8. The molecule has 1 unspecified atom stereocenters. The van der Waals surface area contributed by atoms with E-state index in [4.69, 9.17) is 35.5 Å². The number of benzene rings is 1. The number of hydrogen-bond acceptors (Lipinski definition) is 10. The van der Waals surface area contributed by atoms with Gasteiger partial charge in [-0.3, -0.25) is 9.79 Å². The molecule has 1 atom stereocenters. The maximum atomic E-state index is 14.6. The van der Waals surface area contributed by atoms with Gasteiger partial charge in [0, 0.05) is 35.2 Å². The van der Waals surface area contributed by atoms with Crippen LogP contribution in [0.25, 0.3) is 0 Å². The third kappa shape index (κ3) is 6.41. The minimum Gasteiger partial charge on any atom is -0.466 e. The van der Waals surface area contributed by atoms with Crippen molar-refractivity contribution in [3.05, 3.63) is 80.1 Å². The molecule has 2 aromatic heterocycles. The van der Waals surface area contributed by atoms with Crippen LogP contribution in [0.5, 0.6) is 0 Å². The van der Waals surface area contributed by atoms with Gasteiger partial charge in [0.25, 0.3) is 0 Å². The highest BCUT2D eigenvalue weighted by molar-refractivity contribution is 7.11. The zero-order chi connectivity index (χ0) is 31.6. The number of nitrogens with zero attached hydrogens (tertiary/aromatic N) is 3. The van der Waals surface area contributed by atoms with Crippen molar-refractivity contribution < 1.29 is 32.3 Å². The van der Waals surface area contributed by atoms with E-state index in [1.54, 1.807) is 24.8 Å². The number of amidine groups is 1. The lowest BCUT2D eigenvalue weighted by Crippen LogP contribution is -2.37. The second-order valence-electron chi connectivity index (χ2n) is 11.4. The van der Waals surface area contributed by atoms with Gasteiger partial charge >= 0.3 is 11.9 Å². The Morgan fingerprint density at radius 2 is 1.91 bits per heavy atom. The van der Waals surface area contributed by atoms with Crippen LogP contribution in [-0.2, 0) is 25.5 Å². The van der Waals surface area contributed by atoms with Crippen LogP contribution < -0.4 is 5.32 Å². The third-order valence-electron chi connectivity index (χ3n) is 7.98. The van der Waals surface area contributed by atoms with Gasteiger partial charge in [-0.05, 0) is 58.4 Å². The number of allylic oxidation sites excluding steroid dienone is 1. The zero-order valence-corrected chi connectivity index (χ0v) is 26.4. The van der Waals surface area contributed by atoms with Crippen LogP contribution in [0.1, 0.15) is 80.6 Å². The molecule has 0 radical (unpaired) electrons. The van der Waals surface area contributed by atoms with Crippen molar-refractivity contribution in [1.29, 1.82) is 0 Å². The van der Waals surface area contributed by atoms with Gasteiger partial charge < -0.3 is 19.2 Å². The van der Waals surface area contributed by atoms with E-state index in [-0.39, 0.29) is 28.9 Å². The Morgan fingerprint density at radius 1 is 1.18 bits per heavy atom. The minimum absolute atomic E-state index is 0.0417. The third-order valence-corrected chi connectivity index (χ3v) is 9.14. The number of esters is 2. The van der Waals surface area contributed by atoms with Gasteiger partial charge in [0.15, 0.2) is 28.4 Å². The number of carbonyl (C=O) groups excluding carboxylic acids is 2. The molecular formula is C31H33ClF2N4O5S. The fourth-order valence-electron chi connectivity index (χ4n) is 5.72. The van der Waals surface area contributed by atoms with Crippen molar-refractivity contribution in [3.63, 3.8) is 0 Å². The average molecular weight is 647 g/mol. The molecule has 0 spiro atoms. The summed E-state index contributed by atoms with van der Waals surface area (Å²) in [6.45, 7) is 5.72. The van der Waals surface area contributed by atoms with Gasteiger partial charge in [-0.1, -0.05) is 17.7 Å². The number of thiazole rings is 1. The number of aromatic nitrogens is 2. The van der Waals surface area contributed by atoms with E-state index >= 15 is 0 Å². The highest BCUT2D eigenvalue weighted by atomic mass is 35.5. The van der Waals surface area contributed by atoms with Gasteiger partial charge in [0.05, 0.1) is 35.4 Å². The number of methoxy groups -OCH3 is 1. The molecule has 1 aliphatic carbocycles. The number of carbonyl (C=O) groups is 2. The van der Waals surface area contributed by atoms with Crippen LogP contribution in [0.3, 0.4) is 0 Å². The van der Waals surface area contributed by atoms with E-state index in [0.29, 0.717) is 66.8 Å². The van der Waals surface area contributed by atoms with Crippen molar-refractivity contribution in [2.45, 2.75) is 64.8 Å². The molecule has 3 heterocycles. The number of nitrogens with one attached hydrogen (secondary N) is 1. The summed E-state index contributed by atoms with van der Waals surface area (Å²) in [6, 6.07) is 1.26. The van der Waals surface area contributed by atoms with Crippen molar-refractivity contribution in [1.82, 2.24) is 15.3 Å². The SMILES string of the molecule is CCOC(=O)C(C)(C)Cc1coc(C2CCC(C3=C(C(=O)OC)C(c4ccc(F)c(F)c4Cl)N=C(c4nccs4)N3)CC2)n1. The highest BCUT2D eigenvalue weighted by Gasteiger charge is 2.39. The van der Waals surface area contributed by atoms with Crippen molar-refractivity contribution >= 4 is 40.7 Å². The largest absolute Gasteiger partial charge is 0.466 e. The van der Waals surface area contributed by atoms with E-state index in [2.05, 4.69) is 10.3 Å². The molecule has 1 aromatic carbocycles. The molecule has 3 aromatic rings. The topological polar surface area (TPSA) is 116 Å². The molecule has 1 N–H and O–H groups in total. The maximum Gasteiger partial charge on any atom is 0.338 e. The van der Waals surface area contributed by atoms with Gasteiger partial charge in [-0.25, -0.2) is 23.5 Å². The van der Waals surface area contributed by atoms with E-state index in [9.17, 15) is 18.4 Å². The van der Waals surface area contributed by atoms with Crippen LogP contribution in [0.15, 0.2) is 50.7 Å². The smallest absolute Gasteiger partial charge is 0.338 e. The number of oxazole rings is 1. The number of ether oxygens (including phenoxy) is 2. The van der Waals surface area contributed by atoms with Gasteiger partial charge in [0.2, 0.25) is 0 Å². The predicted molar refractivity (Wildman–Crippen MR) is 160 cm³/mol. The summed E-state index contributed by atoms with van der Waals surface area (Å²) in [5.41, 5.74) is 0.856. The van der Waals surface area contributed by atoms with Crippen molar-refractivity contribution in [3.8, 4) is 0 Å². The molecule has 0 bridgehead atoms. The van der Waals surface area contributed by atoms with E-state index < -0.39 is 34.1 Å². The number of rotatable bonds is 9. The van der Waals surface area contributed by atoms with Crippen molar-refractivity contribution in [2.24, 2.45) is 16.3 Å². The molecule has 0 amide bonds. The molecule has 13 heteroatoms. The first-order chi connectivity index (χ1) is 21.0. The summed E-state index contributed by atoms with van der Waals surface area (Å²) in [4.78, 5) is 39.4. The number of halogens is 3. The second-order valence-corrected chi connectivity index (χ2v) is 12.7. The Bertz CT molecular complexity index is 1600. The van der Waals surface area contributed by atoms with Crippen LogP contribution in [0.2, 0.25) is 5.02 Å². The maximum absolute atomic E-state index is 14.6. The molecule has 1 aliphatic heterocycles. The van der Waals surface area contributed by atoms with Gasteiger partial charge in [-0.15, -0.1) is 11.3 Å². The predicted octanol–water partition coefficient (Wildman–Crippen LogP) is 6.69. The molecule has 9 nitrogen and oxygen atoms in total. The summed E-state index contributed by atoms with van der Waals surface area (Å²) in [5, 5.41) is 5.24. The van der Waals surface area contributed by atoms with Crippen LogP contribution in [0, 0.1) is 23.0 Å². The first-order valence-corrected chi connectivity index (χ1v) is 15.6. The lowest BCUT2D eigenvalue weighted by atomic mass is 9.78. The van der Waals surface area contributed by atoms with Gasteiger partial charge in [0.1, 0.15) is 12.3 Å². The Morgan fingerprint density at radius 3 is 2.57 bits per heavy atom. The molecule has 234 valence electrons. The first-order valence-electron chi connectivity index (χ1n) is 14.4. The van der Waals surface area contributed by atoms with E-state index in [0.717, 1.165) is 6.07 Å². The van der Waals surface area contributed by atoms with E-state index in [1.807, 2.05) is 13.8 Å². The molecule has 0 saturated heterocycles. The zero-order valence-electron chi connectivity index (χ0n) is 24.8. The van der Waals surface area contributed by atoms with Crippen LogP contribution in [-0.4, -0.2) is 41.5 Å². The molecule has 5 rings (SSSR count). The average Bonchev–Trinajstić information content (AvgIpc) is 3.72. The monoisotopic (exact) mass is 646 g/mol. The fourth-order valence-corrected chi connectivity index (χ4v) is 6.56. The van der Waals surface area contributed by atoms with Gasteiger partial charge in [-0.2, -0.15) is 0 Å². The van der Waals surface area contributed by atoms with Crippen molar-refractivity contribution in [2.75, 3.05) is 13.7 Å². The summed E-state index contributed by atoms with van der Waals surface area (Å²) >= 11 is 7.63.